The average molecular weight is 408 g/mol. The lowest BCUT2D eigenvalue weighted by Crippen LogP contribution is -2.52. The number of nitrogens with one attached hydrogen (secondary N) is 1. The number of para-hydroxylation sites is 1. The Kier molecular flexibility index (Phi) is 6.93. The van der Waals surface area contributed by atoms with Gasteiger partial charge in [0.05, 0.1) is 6.04 Å². The Labute approximate surface area is 180 Å². The van der Waals surface area contributed by atoms with Crippen LogP contribution in [0.2, 0.25) is 0 Å². The number of benzene rings is 2. The van der Waals surface area contributed by atoms with Crippen molar-refractivity contribution in [3.8, 4) is 0 Å². The molecule has 3 rings (SSSR count). The molecule has 0 aliphatic carbocycles. The number of hydrogen-bond donors (Lipinski definition) is 1. The molecule has 1 aliphatic rings. The quantitative estimate of drug-likeness (QED) is 0.718. The van der Waals surface area contributed by atoms with Gasteiger partial charge in [-0.3, -0.25) is 14.5 Å². The van der Waals surface area contributed by atoms with E-state index in [1.54, 1.807) is 6.92 Å². The molecule has 2 aromatic carbocycles. The summed E-state index contributed by atoms with van der Waals surface area (Å²) in [7, 11) is 0. The summed E-state index contributed by atoms with van der Waals surface area (Å²) in [5, 5.41) is 3.19. The van der Waals surface area contributed by atoms with E-state index in [9.17, 15) is 9.59 Å². The Morgan fingerprint density at radius 2 is 1.57 bits per heavy atom. The van der Waals surface area contributed by atoms with E-state index in [0.717, 1.165) is 48.7 Å². The first-order valence-corrected chi connectivity index (χ1v) is 10.8. The van der Waals surface area contributed by atoms with Crippen molar-refractivity contribution in [2.75, 3.05) is 36.4 Å². The van der Waals surface area contributed by atoms with Gasteiger partial charge >= 0.3 is 0 Å². The normalized spacial score (nSPS) is 15.9. The van der Waals surface area contributed by atoms with Gasteiger partial charge in [-0.15, -0.1) is 0 Å². The van der Waals surface area contributed by atoms with E-state index in [2.05, 4.69) is 35.0 Å². The summed E-state index contributed by atoms with van der Waals surface area (Å²) in [4.78, 5) is 29.0. The third-order valence-corrected chi connectivity index (χ3v) is 6.06. The van der Waals surface area contributed by atoms with E-state index in [1.807, 2.05) is 50.2 Å². The van der Waals surface area contributed by atoms with E-state index < -0.39 is 0 Å². The number of ketones is 1. The number of aryl methyl sites for hydroxylation is 1. The summed E-state index contributed by atoms with van der Waals surface area (Å²) >= 11 is 0. The van der Waals surface area contributed by atoms with Crippen molar-refractivity contribution in [2.24, 2.45) is 0 Å². The van der Waals surface area contributed by atoms with Crippen molar-refractivity contribution < 1.29 is 9.59 Å². The number of amides is 1. The van der Waals surface area contributed by atoms with Crippen molar-refractivity contribution in [3.63, 3.8) is 0 Å². The fourth-order valence-corrected chi connectivity index (χ4v) is 4.01. The number of carbonyl (C=O) groups is 2. The highest BCUT2D eigenvalue weighted by Crippen LogP contribution is 2.28. The summed E-state index contributed by atoms with van der Waals surface area (Å²) in [5.41, 5.74) is 5.08. The monoisotopic (exact) mass is 407 g/mol. The van der Waals surface area contributed by atoms with Gasteiger partial charge < -0.3 is 10.2 Å². The lowest BCUT2D eigenvalue weighted by molar-refractivity contribution is -0.120. The van der Waals surface area contributed by atoms with Crippen LogP contribution in [0.4, 0.5) is 11.4 Å². The molecule has 1 aliphatic heterocycles. The van der Waals surface area contributed by atoms with Crippen LogP contribution in [0.25, 0.3) is 0 Å². The second kappa shape index (κ2) is 9.43. The number of nitrogens with zero attached hydrogens (tertiary/aromatic N) is 2. The SMILES string of the molecule is CC(=O)c1ccc(N2CCN([C@H](C)C(=O)Nc3c(C)cccc3C(C)C)CC2)cc1. The number of Topliss-reactive ketones (excluding diaryl/α,β-unsaturated/α-hetero) is 1. The minimum atomic E-state index is -0.188. The Bertz CT molecular complexity index is 897. The number of piperazine rings is 1. The molecule has 30 heavy (non-hydrogen) atoms. The molecule has 1 N–H and O–H groups in total. The molecule has 1 fully saturated rings. The maximum atomic E-state index is 13.0. The molecule has 0 bridgehead atoms. The first kappa shape index (κ1) is 22.0. The summed E-state index contributed by atoms with van der Waals surface area (Å²) in [6.07, 6.45) is 0. The van der Waals surface area contributed by atoms with Crippen molar-refractivity contribution >= 4 is 23.1 Å². The molecule has 1 atom stereocenters. The van der Waals surface area contributed by atoms with Gasteiger partial charge in [0.15, 0.2) is 5.78 Å². The predicted molar refractivity (Wildman–Crippen MR) is 124 cm³/mol. The molecule has 1 saturated heterocycles. The lowest BCUT2D eigenvalue weighted by Gasteiger charge is -2.38. The minimum absolute atomic E-state index is 0.0467. The Hall–Kier alpha value is -2.66. The maximum Gasteiger partial charge on any atom is 0.241 e. The minimum Gasteiger partial charge on any atom is -0.369 e. The van der Waals surface area contributed by atoms with Crippen LogP contribution in [0.1, 0.15) is 55.1 Å². The standard InChI is InChI=1S/C25H33N3O2/c1-17(2)23-8-6-7-18(3)24(23)26-25(30)19(4)27-13-15-28(16-14-27)22-11-9-21(10-12-22)20(5)29/h6-12,17,19H,13-16H2,1-5H3,(H,26,30)/t19-/m1/s1. The molecule has 0 unspecified atom stereocenters. The van der Waals surface area contributed by atoms with E-state index >= 15 is 0 Å². The number of rotatable bonds is 6. The first-order valence-electron chi connectivity index (χ1n) is 10.8. The largest absolute Gasteiger partial charge is 0.369 e. The molecule has 1 heterocycles. The zero-order valence-electron chi connectivity index (χ0n) is 18.7. The van der Waals surface area contributed by atoms with E-state index in [0.29, 0.717) is 5.92 Å². The molecule has 1 amide bonds. The third kappa shape index (κ3) is 4.90. The van der Waals surface area contributed by atoms with Gasteiger partial charge in [0, 0.05) is 43.1 Å². The van der Waals surface area contributed by atoms with E-state index in [1.165, 1.54) is 5.56 Å². The molecule has 0 spiro atoms. The van der Waals surface area contributed by atoms with Gasteiger partial charge in [0.1, 0.15) is 0 Å². The van der Waals surface area contributed by atoms with Crippen LogP contribution in [-0.2, 0) is 4.79 Å². The maximum absolute atomic E-state index is 13.0. The second-order valence-electron chi connectivity index (χ2n) is 8.49. The Morgan fingerprint density at radius 1 is 0.933 bits per heavy atom. The van der Waals surface area contributed by atoms with Gasteiger partial charge in [-0.05, 0) is 62.1 Å². The van der Waals surface area contributed by atoms with Crippen molar-refractivity contribution in [1.29, 1.82) is 0 Å². The highest BCUT2D eigenvalue weighted by atomic mass is 16.2. The molecule has 0 aromatic heterocycles. The molecule has 160 valence electrons. The summed E-state index contributed by atoms with van der Waals surface area (Å²) in [6.45, 7) is 13.3. The highest BCUT2D eigenvalue weighted by Gasteiger charge is 2.26. The van der Waals surface area contributed by atoms with Gasteiger partial charge in [0.2, 0.25) is 5.91 Å². The summed E-state index contributed by atoms with van der Waals surface area (Å²) in [5.74, 6) is 0.486. The van der Waals surface area contributed by atoms with Gasteiger partial charge in [-0.2, -0.15) is 0 Å². The molecule has 0 radical (unpaired) electrons. The smallest absolute Gasteiger partial charge is 0.241 e. The van der Waals surface area contributed by atoms with E-state index in [-0.39, 0.29) is 17.7 Å². The van der Waals surface area contributed by atoms with Gasteiger partial charge in [-0.1, -0.05) is 32.0 Å². The first-order chi connectivity index (χ1) is 14.3. The lowest BCUT2D eigenvalue weighted by atomic mass is 9.98. The van der Waals surface area contributed by atoms with Crippen LogP contribution in [0, 0.1) is 6.92 Å². The Morgan fingerprint density at radius 3 is 2.13 bits per heavy atom. The zero-order chi connectivity index (χ0) is 21.8. The number of hydrogen-bond acceptors (Lipinski definition) is 4. The van der Waals surface area contributed by atoms with Crippen LogP contribution in [0.5, 0.6) is 0 Å². The highest BCUT2D eigenvalue weighted by molar-refractivity contribution is 5.96. The summed E-state index contributed by atoms with van der Waals surface area (Å²) < 4.78 is 0. The predicted octanol–water partition coefficient (Wildman–Crippen LogP) is 4.47. The second-order valence-corrected chi connectivity index (χ2v) is 8.49. The van der Waals surface area contributed by atoms with Crippen LogP contribution >= 0.6 is 0 Å². The van der Waals surface area contributed by atoms with Crippen molar-refractivity contribution in [1.82, 2.24) is 4.90 Å². The topological polar surface area (TPSA) is 52.7 Å². The third-order valence-electron chi connectivity index (χ3n) is 6.06. The van der Waals surface area contributed by atoms with Gasteiger partial charge in [-0.25, -0.2) is 0 Å². The zero-order valence-corrected chi connectivity index (χ0v) is 18.7. The molecule has 2 aromatic rings. The van der Waals surface area contributed by atoms with Crippen molar-refractivity contribution in [2.45, 2.75) is 46.6 Å². The molecular weight excluding hydrogens is 374 g/mol. The van der Waals surface area contributed by atoms with Crippen LogP contribution in [0.3, 0.4) is 0 Å². The number of anilines is 2. The van der Waals surface area contributed by atoms with Crippen molar-refractivity contribution in [3.05, 3.63) is 59.2 Å². The molecule has 0 saturated carbocycles. The van der Waals surface area contributed by atoms with Gasteiger partial charge in [0.25, 0.3) is 0 Å². The fourth-order valence-electron chi connectivity index (χ4n) is 4.01. The number of carbonyl (C=O) groups excluding carboxylic acids is 2. The van der Waals surface area contributed by atoms with Crippen LogP contribution in [0.15, 0.2) is 42.5 Å². The summed E-state index contributed by atoms with van der Waals surface area (Å²) in [6, 6.07) is 13.8. The Balaban J connectivity index is 1.61. The van der Waals surface area contributed by atoms with E-state index in [4.69, 9.17) is 0 Å². The average Bonchev–Trinajstić information content (AvgIpc) is 2.74. The molecular formula is C25H33N3O2. The fraction of sp³-hybridized carbons (Fsp3) is 0.440. The molecule has 5 nitrogen and oxygen atoms in total. The van der Waals surface area contributed by atoms with Crippen LogP contribution in [-0.4, -0.2) is 48.8 Å². The molecule has 5 heteroatoms. The van der Waals surface area contributed by atoms with Crippen LogP contribution < -0.4 is 10.2 Å².